The molecule has 0 spiro atoms. The van der Waals surface area contributed by atoms with Crippen LogP contribution in [-0.2, 0) is 6.42 Å². The van der Waals surface area contributed by atoms with Gasteiger partial charge in [0.05, 0.1) is 11.1 Å². The second-order valence-corrected chi connectivity index (χ2v) is 5.80. The van der Waals surface area contributed by atoms with Gasteiger partial charge in [-0.05, 0) is 51.3 Å². The van der Waals surface area contributed by atoms with E-state index >= 15 is 0 Å². The van der Waals surface area contributed by atoms with Gasteiger partial charge in [-0.2, -0.15) is 0 Å². The predicted octanol–water partition coefficient (Wildman–Crippen LogP) is 5.17. The summed E-state index contributed by atoms with van der Waals surface area (Å²) in [6, 6.07) is 9.34. The molecule has 1 atom stereocenters. The first-order valence-corrected chi connectivity index (χ1v) is 7.09. The Labute approximate surface area is 129 Å². The molecule has 0 saturated carbocycles. The molecule has 0 aliphatic carbocycles. The third-order valence-electron chi connectivity index (χ3n) is 2.76. The average Bonchev–Trinajstić information content (AvgIpc) is 2.36. The molecule has 100 valence electrons. The summed E-state index contributed by atoms with van der Waals surface area (Å²) in [5.74, 6) is -0.391. The molecule has 0 aliphatic rings. The van der Waals surface area contributed by atoms with Gasteiger partial charge in [0.2, 0.25) is 0 Å². The lowest BCUT2D eigenvalue weighted by Crippen LogP contribution is -2.02. The molecule has 0 heterocycles. The van der Waals surface area contributed by atoms with E-state index in [0.29, 0.717) is 22.0 Å². The molecule has 1 nitrogen and oxygen atoms in total. The van der Waals surface area contributed by atoms with Crippen LogP contribution in [0.2, 0.25) is 10.0 Å². The molecule has 1 N–H and O–H groups in total. The van der Waals surface area contributed by atoms with Crippen LogP contribution < -0.4 is 0 Å². The van der Waals surface area contributed by atoms with Gasteiger partial charge in [0.1, 0.15) is 5.82 Å². The Morgan fingerprint density at radius 1 is 1.11 bits per heavy atom. The van der Waals surface area contributed by atoms with E-state index in [0.717, 1.165) is 10.0 Å². The highest BCUT2D eigenvalue weighted by atomic mass is 79.9. The summed E-state index contributed by atoms with van der Waals surface area (Å²) in [6.07, 6.45) is -0.413. The summed E-state index contributed by atoms with van der Waals surface area (Å²) in [7, 11) is 0. The zero-order valence-corrected chi connectivity index (χ0v) is 12.8. The van der Waals surface area contributed by atoms with Crippen molar-refractivity contribution in [1.82, 2.24) is 0 Å². The summed E-state index contributed by atoms with van der Waals surface area (Å²) in [6.45, 7) is 0. The van der Waals surface area contributed by atoms with Crippen LogP contribution in [0.25, 0.3) is 0 Å². The molecule has 0 aromatic heterocycles. The molecular weight excluding hydrogens is 354 g/mol. The van der Waals surface area contributed by atoms with Gasteiger partial charge in [-0.25, -0.2) is 4.39 Å². The van der Waals surface area contributed by atoms with Gasteiger partial charge in [-0.1, -0.05) is 35.3 Å². The fourth-order valence-electron chi connectivity index (χ4n) is 1.73. The number of hydrogen-bond donors (Lipinski definition) is 1. The van der Waals surface area contributed by atoms with Crippen molar-refractivity contribution in [1.29, 1.82) is 0 Å². The van der Waals surface area contributed by atoms with Crippen LogP contribution in [0.15, 0.2) is 40.9 Å². The molecule has 0 radical (unpaired) electrons. The summed E-state index contributed by atoms with van der Waals surface area (Å²) in [4.78, 5) is 0. The van der Waals surface area contributed by atoms with E-state index in [2.05, 4.69) is 15.9 Å². The van der Waals surface area contributed by atoms with Gasteiger partial charge < -0.3 is 5.11 Å². The van der Waals surface area contributed by atoms with Crippen molar-refractivity contribution in [3.8, 4) is 0 Å². The zero-order chi connectivity index (χ0) is 14.0. The smallest absolute Gasteiger partial charge is 0.124 e. The lowest BCUT2D eigenvalue weighted by atomic mass is 10.0. The first-order chi connectivity index (χ1) is 8.97. The molecule has 0 amide bonds. The predicted molar refractivity (Wildman–Crippen MR) is 79.2 cm³/mol. The second kappa shape index (κ2) is 6.23. The van der Waals surface area contributed by atoms with Crippen molar-refractivity contribution >= 4 is 39.1 Å². The van der Waals surface area contributed by atoms with E-state index in [1.165, 1.54) is 12.1 Å². The molecule has 0 bridgehead atoms. The summed E-state index contributed by atoms with van der Waals surface area (Å²) >= 11 is 15.1. The van der Waals surface area contributed by atoms with Crippen LogP contribution in [0.4, 0.5) is 4.39 Å². The monoisotopic (exact) mass is 362 g/mol. The van der Waals surface area contributed by atoms with Crippen molar-refractivity contribution in [3.05, 3.63) is 67.9 Å². The van der Waals surface area contributed by atoms with E-state index in [9.17, 15) is 9.50 Å². The Bertz CT molecular complexity index is 604. The maximum absolute atomic E-state index is 12.9. The fourth-order valence-corrected chi connectivity index (χ4v) is 2.49. The molecule has 1 unspecified atom stereocenters. The third-order valence-corrected chi connectivity index (χ3v) is 4.32. The number of halogens is 4. The topological polar surface area (TPSA) is 20.2 Å². The Hall–Kier alpha value is -0.610. The van der Waals surface area contributed by atoms with Crippen LogP contribution >= 0.6 is 39.1 Å². The normalized spacial score (nSPS) is 12.5. The van der Waals surface area contributed by atoms with Crippen molar-refractivity contribution in [3.63, 3.8) is 0 Å². The number of benzene rings is 2. The van der Waals surface area contributed by atoms with Crippen LogP contribution in [0.3, 0.4) is 0 Å². The van der Waals surface area contributed by atoms with Crippen molar-refractivity contribution in [2.75, 3.05) is 0 Å². The SMILES string of the molecule is OC(Cc1ccc(F)cc1Cl)c1ccc(Cl)c(Br)c1. The lowest BCUT2D eigenvalue weighted by Gasteiger charge is -2.13. The first kappa shape index (κ1) is 14.8. The van der Waals surface area contributed by atoms with E-state index in [1.54, 1.807) is 24.3 Å². The molecule has 0 aliphatic heterocycles. The molecule has 2 rings (SSSR count). The first-order valence-electron chi connectivity index (χ1n) is 5.54. The van der Waals surface area contributed by atoms with Gasteiger partial charge in [0.25, 0.3) is 0 Å². The maximum Gasteiger partial charge on any atom is 0.124 e. The number of aliphatic hydroxyl groups excluding tert-OH is 1. The third kappa shape index (κ3) is 3.69. The van der Waals surface area contributed by atoms with Crippen LogP contribution in [0.5, 0.6) is 0 Å². The molecule has 0 saturated heterocycles. The average molecular weight is 364 g/mol. The summed E-state index contributed by atoms with van der Waals surface area (Å²) < 4.78 is 13.7. The lowest BCUT2D eigenvalue weighted by molar-refractivity contribution is 0.178. The van der Waals surface area contributed by atoms with E-state index < -0.39 is 11.9 Å². The molecule has 2 aromatic rings. The highest BCUT2D eigenvalue weighted by molar-refractivity contribution is 9.10. The van der Waals surface area contributed by atoms with Gasteiger partial charge in [-0.3, -0.25) is 0 Å². The van der Waals surface area contributed by atoms with E-state index in [-0.39, 0.29) is 0 Å². The van der Waals surface area contributed by atoms with Gasteiger partial charge >= 0.3 is 0 Å². The highest BCUT2D eigenvalue weighted by Crippen LogP contribution is 2.29. The van der Waals surface area contributed by atoms with Gasteiger partial charge in [-0.15, -0.1) is 0 Å². The molecule has 19 heavy (non-hydrogen) atoms. The van der Waals surface area contributed by atoms with E-state index in [1.807, 2.05) is 0 Å². The fraction of sp³-hybridized carbons (Fsp3) is 0.143. The zero-order valence-electron chi connectivity index (χ0n) is 9.71. The quantitative estimate of drug-likeness (QED) is 0.797. The largest absolute Gasteiger partial charge is 0.388 e. The number of aliphatic hydroxyl groups is 1. The summed E-state index contributed by atoms with van der Waals surface area (Å²) in [5.41, 5.74) is 1.42. The Morgan fingerprint density at radius 2 is 1.84 bits per heavy atom. The standard InChI is InChI=1S/C14H10BrCl2FO/c15-11-5-9(2-4-12(11)16)14(19)6-8-1-3-10(18)7-13(8)17/h1-5,7,14,19H,6H2. The maximum atomic E-state index is 12.9. The minimum absolute atomic E-state index is 0.312. The van der Waals surface area contributed by atoms with Crippen molar-refractivity contribution in [2.24, 2.45) is 0 Å². The molecule has 0 fully saturated rings. The molecule has 5 heteroatoms. The van der Waals surface area contributed by atoms with Crippen molar-refractivity contribution in [2.45, 2.75) is 12.5 Å². The van der Waals surface area contributed by atoms with Gasteiger partial charge in [0, 0.05) is 15.9 Å². The van der Waals surface area contributed by atoms with Crippen LogP contribution in [0, 0.1) is 5.82 Å². The Morgan fingerprint density at radius 3 is 2.47 bits per heavy atom. The highest BCUT2D eigenvalue weighted by Gasteiger charge is 2.12. The van der Waals surface area contributed by atoms with Crippen LogP contribution in [0.1, 0.15) is 17.2 Å². The Balaban J connectivity index is 2.20. The minimum atomic E-state index is -0.725. The molecule has 2 aromatic carbocycles. The molecular formula is C14H10BrCl2FO. The second-order valence-electron chi connectivity index (χ2n) is 4.13. The van der Waals surface area contributed by atoms with E-state index in [4.69, 9.17) is 23.2 Å². The van der Waals surface area contributed by atoms with Gasteiger partial charge in [0.15, 0.2) is 0 Å². The number of hydrogen-bond acceptors (Lipinski definition) is 1. The van der Waals surface area contributed by atoms with Crippen molar-refractivity contribution < 1.29 is 9.50 Å². The Kier molecular flexibility index (Phi) is 4.85. The van der Waals surface area contributed by atoms with Crippen LogP contribution in [-0.4, -0.2) is 5.11 Å². The minimum Gasteiger partial charge on any atom is -0.388 e. The summed E-state index contributed by atoms with van der Waals surface area (Å²) in [5, 5.41) is 11.1. The number of rotatable bonds is 3.